The van der Waals surface area contributed by atoms with Crippen molar-refractivity contribution >= 4 is 27.3 Å². The highest BCUT2D eigenvalue weighted by atomic mass is 79.9. The Balaban J connectivity index is 2.67. The fourth-order valence-electron chi connectivity index (χ4n) is 0.818. The fraction of sp³-hybridized carbons (Fsp3) is 0.250. The molecule has 1 aromatic heterocycles. The SMILES string of the molecule is C=CCC(N)c1cc(Br)cs1. The maximum absolute atomic E-state index is 5.84. The van der Waals surface area contributed by atoms with Crippen molar-refractivity contribution < 1.29 is 0 Å². The van der Waals surface area contributed by atoms with Crippen molar-refractivity contribution in [3.63, 3.8) is 0 Å². The summed E-state index contributed by atoms with van der Waals surface area (Å²) < 4.78 is 1.11. The summed E-state index contributed by atoms with van der Waals surface area (Å²) in [7, 11) is 0. The molecule has 1 aromatic rings. The van der Waals surface area contributed by atoms with E-state index in [9.17, 15) is 0 Å². The molecule has 1 heterocycles. The second-order valence-corrected chi connectivity index (χ2v) is 4.16. The molecule has 0 fully saturated rings. The quantitative estimate of drug-likeness (QED) is 0.796. The molecular weight excluding hydrogens is 222 g/mol. The van der Waals surface area contributed by atoms with Crippen molar-refractivity contribution in [1.29, 1.82) is 0 Å². The Morgan fingerprint density at radius 2 is 2.55 bits per heavy atom. The molecule has 1 unspecified atom stereocenters. The van der Waals surface area contributed by atoms with Gasteiger partial charge < -0.3 is 5.73 Å². The topological polar surface area (TPSA) is 26.0 Å². The van der Waals surface area contributed by atoms with Crippen LogP contribution < -0.4 is 5.73 Å². The number of rotatable bonds is 3. The second-order valence-electron chi connectivity index (χ2n) is 2.30. The summed E-state index contributed by atoms with van der Waals surface area (Å²) in [6, 6.07) is 2.17. The van der Waals surface area contributed by atoms with E-state index in [1.165, 1.54) is 4.88 Å². The first-order valence-electron chi connectivity index (χ1n) is 3.34. The molecule has 1 rings (SSSR count). The molecule has 0 aromatic carbocycles. The van der Waals surface area contributed by atoms with Gasteiger partial charge in [-0.25, -0.2) is 0 Å². The van der Waals surface area contributed by atoms with Crippen LogP contribution in [0.1, 0.15) is 17.3 Å². The van der Waals surface area contributed by atoms with E-state index in [0.717, 1.165) is 10.9 Å². The smallest absolute Gasteiger partial charge is 0.0424 e. The van der Waals surface area contributed by atoms with Crippen LogP contribution in [0.15, 0.2) is 28.6 Å². The minimum atomic E-state index is 0.115. The Bertz CT molecular complexity index is 244. The molecular formula is C8H10BrNS. The molecule has 0 aliphatic rings. The van der Waals surface area contributed by atoms with E-state index in [0.29, 0.717) is 0 Å². The van der Waals surface area contributed by atoms with Gasteiger partial charge in [-0.1, -0.05) is 6.08 Å². The standard InChI is InChI=1S/C8H10BrNS/c1-2-3-7(10)8-4-6(9)5-11-8/h2,4-5,7H,1,3,10H2. The highest BCUT2D eigenvalue weighted by Crippen LogP contribution is 2.25. The third-order valence-electron chi connectivity index (χ3n) is 1.37. The van der Waals surface area contributed by atoms with Crippen LogP contribution in [0.25, 0.3) is 0 Å². The highest BCUT2D eigenvalue weighted by molar-refractivity contribution is 9.10. The maximum atomic E-state index is 5.84. The van der Waals surface area contributed by atoms with E-state index >= 15 is 0 Å². The largest absolute Gasteiger partial charge is 0.323 e. The van der Waals surface area contributed by atoms with E-state index in [1.54, 1.807) is 11.3 Å². The van der Waals surface area contributed by atoms with Crippen molar-refractivity contribution in [2.24, 2.45) is 5.73 Å². The zero-order valence-corrected chi connectivity index (χ0v) is 8.49. The van der Waals surface area contributed by atoms with Crippen LogP contribution in [0.4, 0.5) is 0 Å². The Morgan fingerprint density at radius 1 is 1.82 bits per heavy atom. The van der Waals surface area contributed by atoms with Crippen LogP contribution >= 0.6 is 27.3 Å². The van der Waals surface area contributed by atoms with Gasteiger partial charge in [0.1, 0.15) is 0 Å². The Morgan fingerprint density at radius 3 is 3.00 bits per heavy atom. The minimum absolute atomic E-state index is 0.115. The van der Waals surface area contributed by atoms with E-state index in [2.05, 4.69) is 28.6 Å². The summed E-state index contributed by atoms with van der Waals surface area (Å²) in [6.07, 6.45) is 2.69. The van der Waals surface area contributed by atoms with Crippen molar-refractivity contribution in [3.05, 3.63) is 33.5 Å². The van der Waals surface area contributed by atoms with Gasteiger partial charge in [-0.3, -0.25) is 0 Å². The summed E-state index contributed by atoms with van der Waals surface area (Å²) in [4.78, 5) is 1.21. The van der Waals surface area contributed by atoms with E-state index in [-0.39, 0.29) is 6.04 Å². The zero-order valence-electron chi connectivity index (χ0n) is 6.09. The molecule has 0 aliphatic carbocycles. The first-order chi connectivity index (χ1) is 5.24. The number of hydrogen-bond donors (Lipinski definition) is 1. The van der Waals surface area contributed by atoms with Gasteiger partial charge >= 0.3 is 0 Å². The first kappa shape index (κ1) is 8.97. The number of halogens is 1. The van der Waals surface area contributed by atoms with Crippen LogP contribution in [-0.2, 0) is 0 Å². The van der Waals surface area contributed by atoms with Gasteiger partial charge in [-0.15, -0.1) is 17.9 Å². The molecule has 0 aliphatic heterocycles. The van der Waals surface area contributed by atoms with Crippen LogP contribution in [0.5, 0.6) is 0 Å². The number of thiophene rings is 1. The summed E-state index contributed by atoms with van der Waals surface area (Å²) in [5, 5.41) is 2.04. The van der Waals surface area contributed by atoms with Crippen LogP contribution in [0.2, 0.25) is 0 Å². The average Bonchev–Trinajstić information content (AvgIpc) is 2.36. The Labute approximate surface area is 79.0 Å². The van der Waals surface area contributed by atoms with E-state index in [4.69, 9.17) is 5.73 Å². The third kappa shape index (κ3) is 2.43. The van der Waals surface area contributed by atoms with Crippen molar-refractivity contribution in [2.45, 2.75) is 12.5 Å². The first-order valence-corrected chi connectivity index (χ1v) is 5.01. The zero-order chi connectivity index (χ0) is 8.27. The lowest BCUT2D eigenvalue weighted by molar-refractivity contribution is 0.757. The lowest BCUT2D eigenvalue weighted by Gasteiger charge is -2.03. The van der Waals surface area contributed by atoms with Gasteiger partial charge in [0.05, 0.1) is 0 Å². The Kier molecular flexibility index (Phi) is 3.30. The van der Waals surface area contributed by atoms with Crippen LogP contribution in [0.3, 0.4) is 0 Å². The van der Waals surface area contributed by atoms with Crippen molar-refractivity contribution in [2.75, 3.05) is 0 Å². The van der Waals surface area contributed by atoms with Gasteiger partial charge in [0.25, 0.3) is 0 Å². The van der Waals surface area contributed by atoms with Crippen LogP contribution in [0, 0.1) is 0 Å². The molecule has 3 heteroatoms. The predicted molar refractivity (Wildman–Crippen MR) is 53.8 cm³/mol. The lowest BCUT2D eigenvalue weighted by Crippen LogP contribution is -2.06. The van der Waals surface area contributed by atoms with Gasteiger partial charge in [0.2, 0.25) is 0 Å². The normalized spacial score (nSPS) is 12.9. The number of hydrogen-bond acceptors (Lipinski definition) is 2. The lowest BCUT2D eigenvalue weighted by atomic mass is 10.2. The molecule has 0 saturated carbocycles. The Hall–Kier alpha value is -0.120. The van der Waals surface area contributed by atoms with Gasteiger partial charge in [-0.2, -0.15) is 0 Å². The summed E-state index contributed by atoms with van der Waals surface area (Å²) in [5.41, 5.74) is 5.84. The molecule has 0 saturated heterocycles. The van der Waals surface area contributed by atoms with Crippen molar-refractivity contribution in [1.82, 2.24) is 0 Å². The average molecular weight is 232 g/mol. The van der Waals surface area contributed by atoms with Crippen molar-refractivity contribution in [3.8, 4) is 0 Å². The monoisotopic (exact) mass is 231 g/mol. The molecule has 0 amide bonds. The molecule has 1 atom stereocenters. The fourth-order valence-corrected chi connectivity index (χ4v) is 2.28. The predicted octanol–water partition coefficient (Wildman–Crippen LogP) is 3.09. The highest BCUT2D eigenvalue weighted by Gasteiger charge is 2.05. The minimum Gasteiger partial charge on any atom is -0.323 e. The van der Waals surface area contributed by atoms with Gasteiger partial charge in [-0.05, 0) is 28.4 Å². The maximum Gasteiger partial charge on any atom is 0.0424 e. The molecule has 0 radical (unpaired) electrons. The summed E-state index contributed by atoms with van der Waals surface area (Å²) in [6.45, 7) is 3.65. The van der Waals surface area contributed by atoms with Gasteiger partial charge in [0.15, 0.2) is 0 Å². The molecule has 1 nitrogen and oxygen atoms in total. The molecule has 0 bridgehead atoms. The number of nitrogens with two attached hydrogens (primary N) is 1. The summed E-state index contributed by atoms with van der Waals surface area (Å²) in [5.74, 6) is 0. The molecule has 2 N–H and O–H groups in total. The summed E-state index contributed by atoms with van der Waals surface area (Å²) >= 11 is 5.06. The molecule has 0 spiro atoms. The third-order valence-corrected chi connectivity index (χ3v) is 3.20. The van der Waals surface area contributed by atoms with E-state index < -0.39 is 0 Å². The van der Waals surface area contributed by atoms with Crippen LogP contribution in [-0.4, -0.2) is 0 Å². The van der Waals surface area contributed by atoms with E-state index in [1.807, 2.05) is 11.5 Å². The molecule has 60 valence electrons. The second kappa shape index (κ2) is 4.04. The van der Waals surface area contributed by atoms with Gasteiger partial charge in [0, 0.05) is 20.8 Å². The molecule has 11 heavy (non-hydrogen) atoms.